The number of aromatic nitrogens is 2. The lowest BCUT2D eigenvalue weighted by molar-refractivity contribution is 0.626. The van der Waals surface area contributed by atoms with Gasteiger partial charge in [-0.15, -0.1) is 0 Å². The first kappa shape index (κ1) is 26.6. The fourth-order valence-corrected chi connectivity index (χ4v) is 5.99. The molecule has 3 heterocycles. The first-order chi connectivity index (χ1) is 21.1. The van der Waals surface area contributed by atoms with Gasteiger partial charge in [0.2, 0.25) is 0 Å². The van der Waals surface area contributed by atoms with E-state index in [-0.39, 0.29) is 11.9 Å². The van der Waals surface area contributed by atoms with E-state index >= 15 is 0 Å². The van der Waals surface area contributed by atoms with Gasteiger partial charge in [0.1, 0.15) is 5.82 Å². The molecule has 5 aromatic rings. The Labute approximate surface area is 250 Å². The third-order valence-electron chi connectivity index (χ3n) is 8.08. The van der Waals surface area contributed by atoms with Gasteiger partial charge in [-0.1, -0.05) is 42.5 Å². The maximum Gasteiger partial charge on any atom is 0.179 e. The average molecular weight is 570 g/mol. The molecule has 0 amide bonds. The zero-order valence-electron chi connectivity index (χ0n) is 24.4. The van der Waals surface area contributed by atoms with Gasteiger partial charge in [-0.25, -0.2) is 19.1 Å². The summed E-state index contributed by atoms with van der Waals surface area (Å²) in [7, 11) is 0. The second kappa shape index (κ2) is 10.9. The zero-order valence-corrected chi connectivity index (χ0v) is 24.4. The number of aryl methyl sites for hydroxylation is 1. The second-order valence-corrected chi connectivity index (χ2v) is 10.6. The van der Waals surface area contributed by atoms with Crippen LogP contribution in [0, 0.1) is 12.7 Å². The van der Waals surface area contributed by atoms with Gasteiger partial charge in [0.25, 0.3) is 0 Å². The summed E-state index contributed by atoms with van der Waals surface area (Å²) < 4.78 is 16.1. The highest BCUT2D eigenvalue weighted by Crippen LogP contribution is 2.48. The molecule has 214 valence electrons. The van der Waals surface area contributed by atoms with Crippen LogP contribution >= 0.6 is 0 Å². The number of nitrogens with one attached hydrogen (secondary N) is 1. The Bertz CT molecular complexity index is 1840. The van der Waals surface area contributed by atoms with E-state index < -0.39 is 0 Å². The molecule has 1 N–H and O–H groups in total. The van der Waals surface area contributed by atoms with Crippen LogP contribution in [-0.2, 0) is 0 Å². The Morgan fingerprint density at radius 2 is 1.51 bits per heavy atom. The molecule has 8 heteroatoms. The van der Waals surface area contributed by atoms with Crippen LogP contribution in [-0.4, -0.2) is 34.5 Å². The number of rotatable bonds is 6. The molecule has 2 aliphatic heterocycles. The van der Waals surface area contributed by atoms with E-state index in [1.807, 2.05) is 72.3 Å². The van der Waals surface area contributed by atoms with Crippen molar-refractivity contribution >= 4 is 40.2 Å². The monoisotopic (exact) mass is 569 g/mol. The lowest BCUT2D eigenvalue weighted by Crippen LogP contribution is -2.46. The number of nitrogens with zero attached hydrogens (tertiary/aromatic N) is 6. The molecule has 1 aromatic heterocycles. The Kier molecular flexibility index (Phi) is 6.74. The van der Waals surface area contributed by atoms with Crippen molar-refractivity contribution in [1.29, 1.82) is 0 Å². The molecular formula is C35H32FN7. The first-order valence-corrected chi connectivity index (χ1v) is 14.6. The van der Waals surface area contributed by atoms with E-state index in [1.54, 1.807) is 0 Å². The molecule has 43 heavy (non-hydrogen) atoms. The summed E-state index contributed by atoms with van der Waals surface area (Å²) in [6.45, 7) is 8.22. The van der Waals surface area contributed by atoms with Crippen LogP contribution < -0.4 is 15.1 Å². The summed E-state index contributed by atoms with van der Waals surface area (Å²) >= 11 is 0. The van der Waals surface area contributed by atoms with Crippen molar-refractivity contribution in [3.05, 3.63) is 126 Å². The summed E-state index contributed by atoms with van der Waals surface area (Å²) in [5.41, 5.74) is 7.52. The molecule has 0 bridgehead atoms. The molecule has 2 aliphatic rings. The fourth-order valence-electron chi connectivity index (χ4n) is 5.99. The standard InChI is InChI=1S/C35H32FN7/c1-4-41(5-2)27-21-19-26(20-22-27)37-33-35-39-34-31(23(3)40-43(34)28-11-7-6-8-12-28)32(24-15-17-25(36)18-16-24)42(35)30-14-10-9-13-29(30)38-33/h6-22,32H,4-5H2,1-3H3,(H,37,38). The van der Waals surface area contributed by atoms with E-state index in [1.165, 1.54) is 17.8 Å². The van der Waals surface area contributed by atoms with Gasteiger partial charge >= 0.3 is 0 Å². The topological polar surface area (TPSA) is 61.0 Å². The number of amidine groups is 2. The third-order valence-corrected chi connectivity index (χ3v) is 8.08. The molecule has 0 fully saturated rings. The number of benzene rings is 4. The number of hydrogen-bond acceptors (Lipinski definition) is 6. The van der Waals surface area contributed by atoms with Crippen LogP contribution in [0.25, 0.3) is 5.69 Å². The SMILES string of the molecule is CCN(CC)c1ccc(NC2=Nc3ccccc3N3C2=Nc2c(c(C)nn2-c2ccccc2)C3c2ccc(F)cc2)cc1. The number of para-hydroxylation sites is 3. The first-order valence-electron chi connectivity index (χ1n) is 14.6. The average Bonchev–Trinajstić information content (AvgIpc) is 3.38. The smallest absolute Gasteiger partial charge is 0.179 e. The van der Waals surface area contributed by atoms with Gasteiger partial charge in [-0.2, -0.15) is 5.10 Å². The molecule has 0 spiro atoms. The second-order valence-electron chi connectivity index (χ2n) is 10.6. The molecule has 0 saturated carbocycles. The minimum atomic E-state index is -0.306. The summed E-state index contributed by atoms with van der Waals surface area (Å²) in [5, 5.41) is 8.54. The molecule has 7 rings (SSSR count). The molecule has 7 nitrogen and oxygen atoms in total. The van der Waals surface area contributed by atoms with Gasteiger partial charge in [0.15, 0.2) is 17.5 Å². The quantitative estimate of drug-likeness (QED) is 0.225. The van der Waals surface area contributed by atoms with E-state index in [0.29, 0.717) is 11.7 Å². The third kappa shape index (κ3) is 4.65. The van der Waals surface area contributed by atoms with E-state index in [0.717, 1.165) is 58.5 Å². The largest absolute Gasteiger partial charge is 0.372 e. The Hall–Kier alpha value is -5.24. The minimum Gasteiger partial charge on any atom is -0.372 e. The van der Waals surface area contributed by atoms with Crippen LogP contribution in [0.5, 0.6) is 0 Å². The van der Waals surface area contributed by atoms with Crippen LogP contribution in [0.3, 0.4) is 0 Å². The van der Waals surface area contributed by atoms with Crippen LogP contribution in [0.2, 0.25) is 0 Å². The number of fused-ring (bicyclic) bond motifs is 4. The molecule has 1 atom stereocenters. The van der Waals surface area contributed by atoms with Gasteiger partial charge in [0, 0.05) is 30.0 Å². The lowest BCUT2D eigenvalue weighted by atomic mass is 9.93. The summed E-state index contributed by atoms with van der Waals surface area (Å²) in [6, 6.07) is 32.9. The molecule has 0 saturated heterocycles. The van der Waals surface area contributed by atoms with E-state index in [9.17, 15) is 4.39 Å². The molecule has 1 unspecified atom stereocenters. The Balaban J connectivity index is 1.42. The predicted molar refractivity (Wildman–Crippen MR) is 173 cm³/mol. The summed E-state index contributed by atoms with van der Waals surface area (Å²) in [6.07, 6.45) is 0. The summed E-state index contributed by atoms with van der Waals surface area (Å²) in [5.74, 6) is 1.76. The molecular weight excluding hydrogens is 537 g/mol. The Morgan fingerprint density at radius 1 is 0.814 bits per heavy atom. The maximum atomic E-state index is 14.2. The highest BCUT2D eigenvalue weighted by atomic mass is 19.1. The van der Waals surface area contributed by atoms with Crippen LogP contribution in [0.4, 0.5) is 33.0 Å². The predicted octanol–water partition coefficient (Wildman–Crippen LogP) is 7.96. The van der Waals surface area contributed by atoms with Crippen molar-refractivity contribution in [3.63, 3.8) is 0 Å². The number of anilines is 3. The van der Waals surface area contributed by atoms with Gasteiger partial charge in [0.05, 0.1) is 28.8 Å². The van der Waals surface area contributed by atoms with Gasteiger partial charge in [-0.05, 0) is 87.0 Å². The van der Waals surface area contributed by atoms with Gasteiger partial charge in [-0.3, -0.25) is 0 Å². The Morgan fingerprint density at radius 3 is 2.23 bits per heavy atom. The van der Waals surface area contributed by atoms with Crippen molar-refractivity contribution in [2.24, 2.45) is 9.98 Å². The van der Waals surface area contributed by atoms with Gasteiger partial charge < -0.3 is 15.1 Å². The van der Waals surface area contributed by atoms with Crippen molar-refractivity contribution < 1.29 is 4.39 Å². The summed E-state index contributed by atoms with van der Waals surface area (Å²) in [4.78, 5) is 14.9. The molecule has 4 aromatic carbocycles. The van der Waals surface area contributed by atoms with Crippen molar-refractivity contribution in [1.82, 2.24) is 9.78 Å². The highest BCUT2D eigenvalue weighted by molar-refractivity contribution is 6.51. The minimum absolute atomic E-state index is 0.276. The maximum absolute atomic E-state index is 14.2. The molecule has 0 radical (unpaired) electrons. The lowest BCUT2D eigenvalue weighted by Gasteiger charge is -2.40. The van der Waals surface area contributed by atoms with E-state index in [4.69, 9.17) is 15.1 Å². The normalized spacial score (nSPS) is 15.2. The van der Waals surface area contributed by atoms with Crippen molar-refractivity contribution in [2.75, 3.05) is 28.2 Å². The molecule has 0 aliphatic carbocycles. The van der Waals surface area contributed by atoms with E-state index in [2.05, 4.69) is 59.3 Å². The van der Waals surface area contributed by atoms with Crippen molar-refractivity contribution in [3.8, 4) is 5.69 Å². The number of hydrogen-bond donors (Lipinski definition) is 1. The number of halogens is 1. The van der Waals surface area contributed by atoms with Crippen LogP contribution in [0.1, 0.15) is 36.7 Å². The zero-order chi connectivity index (χ0) is 29.5. The van der Waals surface area contributed by atoms with Crippen LogP contribution in [0.15, 0.2) is 113 Å². The number of aliphatic imine (C=N–C) groups is 2. The highest BCUT2D eigenvalue weighted by Gasteiger charge is 2.41. The fraction of sp³-hybridized carbons (Fsp3) is 0.171. The van der Waals surface area contributed by atoms with Crippen molar-refractivity contribution in [2.45, 2.75) is 26.8 Å².